The number of nitrogens with zero attached hydrogens (tertiary/aromatic N) is 1. The Hall–Kier alpha value is -3.36. The second-order valence-corrected chi connectivity index (χ2v) is 6.49. The number of hydrogen-bond acceptors (Lipinski definition) is 7. The summed E-state index contributed by atoms with van der Waals surface area (Å²) in [6, 6.07) is 5.80. The van der Waals surface area contributed by atoms with Crippen LogP contribution in [-0.2, 0) is 16.1 Å². The van der Waals surface area contributed by atoms with Gasteiger partial charge in [-0.25, -0.2) is 9.59 Å². The van der Waals surface area contributed by atoms with Gasteiger partial charge in [-0.3, -0.25) is 10.1 Å². The zero-order chi connectivity index (χ0) is 21.4. The summed E-state index contributed by atoms with van der Waals surface area (Å²) in [5.41, 5.74) is 1.66. The quantitative estimate of drug-likeness (QED) is 0.650. The average Bonchev–Trinajstić information content (AvgIpc) is 3.02. The molecule has 9 nitrogen and oxygen atoms in total. The van der Waals surface area contributed by atoms with Crippen molar-refractivity contribution in [3.63, 3.8) is 0 Å². The third-order valence-corrected chi connectivity index (χ3v) is 4.24. The van der Waals surface area contributed by atoms with Gasteiger partial charge in [0, 0.05) is 6.04 Å². The monoisotopic (exact) mass is 403 g/mol. The molecule has 2 N–H and O–H groups in total. The van der Waals surface area contributed by atoms with E-state index in [4.69, 9.17) is 14.0 Å². The normalized spacial score (nSPS) is 11.4. The van der Waals surface area contributed by atoms with E-state index in [1.54, 1.807) is 32.0 Å². The van der Waals surface area contributed by atoms with Crippen LogP contribution in [0.3, 0.4) is 0 Å². The molecule has 0 aliphatic carbocycles. The van der Waals surface area contributed by atoms with E-state index in [1.165, 1.54) is 6.07 Å². The molecule has 156 valence electrons. The van der Waals surface area contributed by atoms with Crippen molar-refractivity contribution in [2.45, 2.75) is 46.8 Å². The fourth-order valence-electron chi connectivity index (χ4n) is 2.35. The Morgan fingerprint density at radius 3 is 2.59 bits per heavy atom. The van der Waals surface area contributed by atoms with Crippen molar-refractivity contribution in [3.8, 4) is 5.75 Å². The van der Waals surface area contributed by atoms with E-state index >= 15 is 0 Å². The topological polar surface area (TPSA) is 120 Å². The number of aryl methyl sites for hydroxylation is 2. The van der Waals surface area contributed by atoms with Crippen molar-refractivity contribution in [3.05, 3.63) is 46.8 Å². The van der Waals surface area contributed by atoms with Crippen LogP contribution >= 0.6 is 0 Å². The minimum Gasteiger partial charge on any atom is -0.488 e. The minimum atomic E-state index is -0.739. The second-order valence-electron chi connectivity index (χ2n) is 6.49. The molecule has 0 spiro atoms. The van der Waals surface area contributed by atoms with Crippen LogP contribution in [-0.4, -0.2) is 35.7 Å². The number of aromatic nitrogens is 1. The molecule has 1 atom stereocenters. The maximum atomic E-state index is 12.4. The molecular formula is C20H25N3O6. The van der Waals surface area contributed by atoms with Crippen molar-refractivity contribution in [1.29, 1.82) is 0 Å². The van der Waals surface area contributed by atoms with Gasteiger partial charge < -0.3 is 19.3 Å². The average molecular weight is 403 g/mol. The summed E-state index contributed by atoms with van der Waals surface area (Å²) < 4.78 is 15.8. The summed E-state index contributed by atoms with van der Waals surface area (Å²) in [6.07, 6.45) is 0.724. The third kappa shape index (κ3) is 6.34. The Labute approximate surface area is 168 Å². The van der Waals surface area contributed by atoms with Crippen LogP contribution in [0.25, 0.3) is 0 Å². The van der Waals surface area contributed by atoms with E-state index in [9.17, 15) is 14.4 Å². The van der Waals surface area contributed by atoms with E-state index in [-0.39, 0.29) is 18.2 Å². The highest BCUT2D eigenvalue weighted by Gasteiger charge is 2.18. The predicted molar refractivity (Wildman–Crippen MR) is 103 cm³/mol. The van der Waals surface area contributed by atoms with Crippen LogP contribution in [0.4, 0.5) is 4.79 Å². The van der Waals surface area contributed by atoms with Gasteiger partial charge in [0.25, 0.3) is 5.91 Å². The number of ether oxygens (including phenoxy) is 2. The molecular weight excluding hydrogens is 378 g/mol. The minimum absolute atomic E-state index is 0.0768. The second kappa shape index (κ2) is 10.3. The van der Waals surface area contributed by atoms with E-state index in [1.807, 2.05) is 13.8 Å². The SMILES string of the molecule is CC[C@@H](C)NC(=O)NC(=O)COC(=O)c1ccccc1OCc1c(C)noc1C. The summed E-state index contributed by atoms with van der Waals surface area (Å²) in [4.78, 5) is 35.8. The lowest BCUT2D eigenvalue weighted by Crippen LogP contribution is -2.44. The van der Waals surface area contributed by atoms with E-state index in [0.717, 1.165) is 12.0 Å². The molecule has 3 amide bonds. The van der Waals surface area contributed by atoms with Crippen LogP contribution in [0, 0.1) is 13.8 Å². The predicted octanol–water partition coefficient (Wildman–Crippen LogP) is 2.65. The molecule has 0 aliphatic rings. The van der Waals surface area contributed by atoms with Gasteiger partial charge in [0.2, 0.25) is 0 Å². The highest BCUT2D eigenvalue weighted by molar-refractivity contribution is 5.97. The molecule has 0 bridgehead atoms. The Morgan fingerprint density at radius 2 is 1.93 bits per heavy atom. The number of urea groups is 1. The van der Waals surface area contributed by atoms with Crippen LogP contribution in [0.5, 0.6) is 5.75 Å². The summed E-state index contributed by atoms with van der Waals surface area (Å²) in [5.74, 6) is -0.535. The molecule has 0 saturated heterocycles. The summed E-state index contributed by atoms with van der Waals surface area (Å²) in [6.45, 7) is 6.86. The number of imide groups is 1. The van der Waals surface area contributed by atoms with Gasteiger partial charge in [-0.1, -0.05) is 24.2 Å². The number of carbonyl (C=O) groups excluding carboxylic acids is 3. The van der Waals surface area contributed by atoms with Gasteiger partial charge in [0.15, 0.2) is 6.61 Å². The Morgan fingerprint density at radius 1 is 1.21 bits per heavy atom. The standard InChI is InChI=1S/C20H25N3O6/c1-5-12(2)21-20(26)22-18(24)11-28-19(25)15-8-6-7-9-17(15)27-10-16-13(3)23-29-14(16)4/h6-9,12H,5,10-11H2,1-4H3,(H2,21,22,24,26)/t12-/m1/s1. The molecule has 1 heterocycles. The number of hydrogen-bond donors (Lipinski definition) is 2. The number of amides is 3. The molecule has 0 fully saturated rings. The van der Waals surface area contributed by atoms with Crippen molar-refractivity contribution < 1.29 is 28.4 Å². The van der Waals surface area contributed by atoms with E-state index in [0.29, 0.717) is 17.2 Å². The van der Waals surface area contributed by atoms with Crippen LogP contribution in [0.15, 0.2) is 28.8 Å². The molecule has 1 aromatic carbocycles. The lowest BCUT2D eigenvalue weighted by atomic mass is 10.2. The van der Waals surface area contributed by atoms with Gasteiger partial charge in [0.05, 0.1) is 11.3 Å². The zero-order valence-corrected chi connectivity index (χ0v) is 16.9. The van der Waals surface area contributed by atoms with Crippen molar-refractivity contribution in [2.75, 3.05) is 6.61 Å². The van der Waals surface area contributed by atoms with Gasteiger partial charge in [-0.05, 0) is 39.3 Å². The number of benzene rings is 1. The molecule has 29 heavy (non-hydrogen) atoms. The fraction of sp³-hybridized carbons (Fsp3) is 0.400. The molecule has 0 unspecified atom stereocenters. The van der Waals surface area contributed by atoms with Crippen LogP contribution in [0.2, 0.25) is 0 Å². The third-order valence-electron chi connectivity index (χ3n) is 4.24. The molecule has 0 aliphatic heterocycles. The van der Waals surface area contributed by atoms with Gasteiger partial charge in [0.1, 0.15) is 23.7 Å². The molecule has 9 heteroatoms. The number of nitrogens with one attached hydrogen (secondary N) is 2. The highest BCUT2D eigenvalue weighted by Crippen LogP contribution is 2.22. The summed E-state index contributed by atoms with van der Waals surface area (Å²) in [7, 11) is 0. The first-order valence-electron chi connectivity index (χ1n) is 9.22. The van der Waals surface area contributed by atoms with Crippen LogP contribution < -0.4 is 15.4 Å². The highest BCUT2D eigenvalue weighted by atomic mass is 16.5. The first-order chi connectivity index (χ1) is 13.8. The maximum Gasteiger partial charge on any atom is 0.342 e. The van der Waals surface area contributed by atoms with Gasteiger partial charge in [-0.15, -0.1) is 0 Å². The Bertz CT molecular complexity index is 857. The maximum absolute atomic E-state index is 12.4. The van der Waals surface area contributed by atoms with Crippen molar-refractivity contribution >= 4 is 17.9 Å². The van der Waals surface area contributed by atoms with E-state index in [2.05, 4.69) is 15.8 Å². The number of rotatable bonds is 8. The number of para-hydroxylation sites is 1. The molecule has 2 aromatic rings. The molecule has 1 aromatic heterocycles. The van der Waals surface area contributed by atoms with Crippen molar-refractivity contribution in [2.24, 2.45) is 0 Å². The fourth-order valence-corrected chi connectivity index (χ4v) is 2.35. The lowest BCUT2D eigenvalue weighted by molar-refractivity contribution is -0.123. The Kier molecular flexibility index (Phi) is 7.76. The van der Waals surface area contributed by atoms with Crippen LogP contribution in [0.1, 0.15) is 47.6 Å². The first kappa shape index (κ1) is 21.9. The summed E-state index contributed by atoms with van der Waals surface area (Å²) >= 11 is 0. The zero-order valence-electron chi connectivity index (χ0n) is 16.9. The molecule has 2 rings (SSSR count). The van der Waals surface area contributed by atoms with E-state index < -0.39 is 24.5 Å². The first-order valence-corrected chi connectivity index (χ1v) is 9.22. The summed E-state index contributed by atoms with van der Waals surface area (Å²) in [5, 5.41) is 8.55. The molecule has 0 radical (unpaired) electrons. The molecule has 0 saturated carbocycles. The van der Waals surface area contributed by atoms with Gasteiger partial charge in [-0.2, -0.15) is 0 Å². The Balaban J connectivity index is 1.92. The van der Waals surface area contributed by atoms with Gasteiger partial charge >= 0.3 is 12.0 Å². The smallest absolute Gasteiger partial charge is 0.342 e. The number of carbonyl (C=O) groups is 3. The lowest BCUT2D eigenvalue weighted by Gasteiger charge is -2.13. The number of esters is 1. The largest absolute Gasteiger partial charge is 0.488 e. The van der Waals surface area contributed by atoms with Crippen molar-refractivity contribution in [1.82, 2.24) is 15.8 Å².